The number of alkyl halides is 7. The molecule has 4 nitrogen and oxygen atoms in total. The number of hydrogen-bond donors (Lipinski definition) is 1. The monoisotopic (exact) mass is 370 g/mol. The lowest BCUT2D eigenvalue weighted by Gasteiger charge is -2.29. The zero-order valence-electron chi connectivity index (χ0n) is 12.4. The molecule has 0 aliphatic rings. The van der Waals surface area contributed by atoms with Crippen molar-refractivity contribution in [3.05, 3.63) is 25.5 Å². The Labute approximate surface area is 133 Å². The van der Waals surface area contributed by atoms with Crippen molar-refractivity contribution in [2.45, 2.75) is 37.5 Å². The second-order valence-corrected chi connectivity index (χ2v) is 4.05. The Morgan fingerprint density at radius 2 is 1.33 bits per heavy atom. The van der Waals surface area contributed by atoms with Crippen molar-refractivity contribution in [3.8, 4) is 0 Å². The van der Waals surface area contributed by atoms with Gasteiger partial charge in [-0.2, -0.15) is 30.7 Å². The fraction of sp³-hybridized carbons (Fsp3) is 0.615. The van der Waals surface area contributed by atoms with Gasteiger partial charge in [-0.1, -0.05) is 13.2 Å². The maximum absolute atomic E-state index is 13.0. The molecule has 24 heavy (non-hydrogen) atoms. The van der Waals surface area contributed by atoms with Crippen LogP contribution in [0, 0.1) is 0 Å². The molecule has 0 bridgehead atoms. The van der Waals surface area contributed by atoms with E-state index in [9.17, 15) is 35.5 Å². The molecule has 0 saturated heterocycles. The highest BCUT2D eigenvalue weighted by molar-refractivity contribution is 5.81. The summed E-state index contributed by atoms with van der Waals surface area (Å²) in [5.74, 6) is -6.39. The molecule has 0 spiro atoms. The minimum Gasteiger partial charge on any atom is -0.516 e. The molecule has 11 heteroatoms. The number of hydrogen-bond acceptors (Lipinski definition) is 4. The van der Waals surface area contributed by atoms with Gasteiger partial charge in [-0.05, 0) is 19.3 Å². The molecular formula is C13H17F7O4. The zero-order valence-corrected chi connectivity index (χ0v) is 12.4. The molecular weight excluding hydrogens is 353 g/mol. The Balaban J connectivity index is 0. The fourth-order valence-electron chi connectivity index (χ4n) is 1.15. The van der Waals surface area contributed by atoms with Gasteiger partial charge in [0.2, 0.25) is 0 Å². The topological polar surface area (TPSA) is 55.8 Å². The molecule has 0 amide bonds. The van der Waals surface area contributed by atoms with E-state index in [0.29, 0.717) is 0 Å². The van der Waals surface area contributed by atoms with Crippen LogP contribution in [-0.2, 0) is 14.3 Å². The van der Waals surface area contributed by atoms with Crippen molar-refractivity contribution in [2.24, 2.45) is 0 Å². The van der Waals surface area contributed by atoms with Crippen LogP contribution in [0.1, 0.15) is 19.3 Å². The first-order valence-corrected chi connectivity index (χ1v) is 6.38. The molecule has 0 fully saturated rings. The molecule has 1 N–H and O–H groups in total. The number of carbonyl (C=O) groups is 1. The second-order valence-electron chi connectivity index (χ2n) is 4.05. The van der Waals surface area contributed by atoms with E-state index in [-0.39, 0.29) is 25.9 Å². The summed E-state index contributed by atoms with van der Waals surface area (Å²) in [6, 6.07) is 0. The predicted octanol–water partition coefficient (Wildman–Crippen LogP) is 4.38. The van der Waals surface area contributed by atoms with Crippen LogP contribution in [0.5, 0.6) is 0 Å². The summed E-state index contributed by atoms with van der Waals surface area (Å²) in [5, 5.41) is 7.33. The van der Waals surface area contributed by atoms with Crippen molar-refractivity contribution < 1.29 is 50.1 Å². The van der Waals surface area contributed by atoms with Gasteiger partial charge >= 0.3 is 24.2 Å². The average molecular weight is 370 g/mol. The van der Waals surface area contributed by atoms with E-state index >= 15 is 0 Å². The third-order valence-corrected chi connectivity index (χ3v) is 2.23. The Kier molecular flexibility index (Phi) is 11.1. The third kappa shape index (κ3) is 8.75. The Morgan fingerprint density at radius 3 is 1.71 bits per heavy atom. The van der Waals surface area contributed by atoms with Crippen LogP contribution in [0.3, 0.4) is 0 Å². The molecule has 0 aromatic carbocycles. The number of aliphatic hydroxyl groups excluding tert-OH is 1. The van der Waals surface area contributed by atoms with Gasteiger partial charge in [-0.3, -0.25) is 0 Å². The molecule has 0 heterocycles. The van der Waals surface area contributed by atoms with Crippen LogP contribution in [0.15, 0.2) is 25.5 Å². The summed E-state index contributed by atoms with van der Waals surface area (Å²) < 4.78 is 93.3. The number of halogens is 7. The maximum atomic E-state index is 13.0. The Bertz CT molecular complexity index is 377. The fourth-order valence-corrected chi connectivity index (χ4v) is 1.15. The first-order valence-electron chi connectivity index (χ1n) is 6.38. The van der Waals surface area contributed by atoms with E-state index in [1.807, 2.05) is 0 Å². The van der Waals surface area contributed by atoms with E-state index < -0.39 is 30.8 Å². The quantitative estimate of drug-likeness (QED) is 0.227. The number of aliphatic hydroxyl groups is 1. The average Bonchev–Trinajstić information content (AvgIpc) is 2.44. The highest BCUT2D eigenvalue weighted by Gasteiger charge is 2.74. The summed E-state index contributed by atoms with van der Waals surface area (Å²) in [7, 11) is 0. The lowest BCUT2D eigenvalue weighted by Crippen LogP contribution is -2.55. The highest BCUT2D eigenvalue weighted by atomic mass is 19.4. The minimum absolute atomic E-state index is 0.0792. The van der Waals surface area contributed by atoms with Gasteiger partial charge in [0.05, 0.1) is 19.5 Å². The first-order chi connectivity index (χ1) is 10.9. The zero-order chi connectivity index (χ0) is 19.4. The molecule has 0 aromatic heterocycles. The first kappa shape index (κ1) is 24.5. The standard InChI is InChI=1S/C11H13F7O3.C2H4O/c1-2-8(19)20-6-4-3-5-7-21-9(12,10(13,14)15)11(16,17)18;1-2-3/h2H,1,3-7H2;2-3H,1H2. The van der Waals surface area contributed by atoms with Gasteiger partial charge in [-0.15, -0.1) is 0 Å². The minimum atomic E-state index is -6.22. The summed E-state index contributed by atoms with van der Waals surface area (Å²) in [5.41, 5.74) is 0. The van der Waals surface area contributed by atoms with Crippen molar-refractivity contribution in [3.63, 3.8) is 0 Å². The molecule has 0 aliphatic heterocycles. The van der Waals surface area contributed by atoms with Crippen molar-refractivity contribution >= 4 is 5.97 Å². The normalized spacial score (nSPS) is 12.0. The largest absolute Gasteiger partial charge is 0.516 e. The molecule has 0 aliphatic carbocycles. The van der Waals surface area contributed by atoms with Crippen LogP contribution in [0.2, 0.25) is 0 Å². The molecule has 0 unspecified atom stereocenters. The number of unbranched alkanes of at least 4 members (excludes halogenated alkanes) is 2. The SMILES string of the molecule is C=CC(=O)OCCCCCOC(F)(C(F)(F)F)C(F)(F)F.C=CO. The van der Waals surface area contributed by atoms with Gasteiger partial charge in [-0.25, -0.2) is 4.79 Å². The smallest absolute Gasteiger partial charge is 0.458 e. The molecule has 0 atom stereocenters. The Morgan fingerprint density at radius 1 is 0.917 bits per heavy atom. The number of rotatable bonds is 8. The summed E-state index contributed by atoms with van der Waals surface area (Å²) in [6.07, 6.45) is -10.8. The summed E-state index contributed by atoms with van der Waals surface area (Å²) >= 11 is 0. The molecule has 142 valence electrons. The van der Waals surface area contributed by atoms with Gasteiger partial charge in [0.1, 0.15) is 0 Å². The van der Waals surface area contributed by atoms with E-state index in [1.54, 1.807) is 0 Å². The Hall–Kier alpha value is -1.78. The second kappa shape index (κ2) is 10.9. The maximum Gasteiger partial charge on any atom is 0.458 e. The number of carbonyl (C=O) groups excluding carboxylic acids is 1. The molecule has 0 rings (SSSR count). The lowest BCUT2D eigenvalue weighted by molar-refractivity contribution is -0.430. The number of ether oxygens (including phenoxy) is 2. The van der Waals surface area contributed by atoms with Crippen LogP contribution >= 0.6 is 0 Å². The van der Waals surface area contributed by atoms with Gasteiger partial charge in [0.25, 0.3) is 0 Å². The van der Waals surface area contributed by atoms with Crippen LogP contribution in [0.4, 0.5) is 30.7 Å². The summed E-state index contributed by atoms with van der Waals surface area (Å²) in [4.78, 5) is 10.6. The third-order valence-electron chi connectivity index (χ3n) is 2.23. The molecule has 0 saturated carbocycles. The summed E-state index contributed by atoms with van der Waals surface area (Å²) in [6.45, 7) is 4.87. The van der Waals surface area contributed by atoms with Crippen molar-refractivity contribution in [1.29, 1.82) is 0 Å². The van der Waals surface area contributed by atoms with Gasteiger partial charge in [0, 0.05) is 6.08 Å². The van der Waals surface area contributed by atoms with Crippen LogP contribution in [-0.4, -0.2) is 42.5 Å². The van der Waals surface area contributed by atoms with E-state index in [2.05, 4.69) is 22.6 Å². The lowest BCUT2D eigenvalue weighted by atomic mass is 10.2. The van der Waals surface area contributed by atoms with E-state index in [1.165, 1.54) is 0 Å². The predicted molar refractivity (Wildman–Crippen MR) is 69.7 cm³/mol. The van der Waals surface area contributed by atoms with Gasteiger partial charge < -0.3 is 14.6 Å². The number of esters is 1. The van der Waals surface area contributed by atoms with Crippen molar-refractivity contribution in [1.82, 2.24) is 0 Å². The molecule has 0 radical (unpaired) electrons. The molecule has 0 aromatic rings. The van der Waals surface area contributed by atoms with E-state index in [0.717, 1.165) is 12.3 Å². The highest BCUT2D eigenvalue weighted by Crippen LogP contribution is 2.46. The van der Waals surface area contributed by atoms with Crippen LogP contribution < -0.4 is 0 Å². The van der Waals surface area contributed by atoms with Gasteiger partial charge in [0.15, 0.2) is 0 Å². The van der Waals surface area contributed by atoms with Crippen molar-refractivity contribution in [2.75, 3.05) is 13.2 Å². The van der Waals surface area contributed by atoms with E-state index in [4.69, 9.17) is 5.11 Å². The van der Waals surface area contributed by atoms with Crippen LogP contribution in [0.25, 0.3) is 0 Å².